The predicted molar refractivity (Wildman–Crippen MR) is 127 cm³/mol. The Morgan fingerprint density at radius 2 is 1.76 bits per heavy atom. The highest BCUT2D eigenvalue weighted by Gasteiger charge is 2.52. The Kier molecular flexibility index (Phi) is 5.76. The number of likely N-dealkylation sites (tertiary alicyclic amines) is 1. The van der Waals surface area contributed by atoms with Crippen LogP contribution in [0.15, 0.2) is 53.4 Å². The molecule has 2 fully saturated rings. The molecule has 2 aromatic rings. The summed E-state index contributed by atoms with van der Waals surface area (Å²) in [5.41, 5.74) is 0.139. The number of rotatable bonds is 4. The molecule has 2 heterocycles. The van der Waals surface area contributed by atoms with Crippen molar-refractivity contribution in [2.45, 2.75) is 67.9 Å². The van der Waals surface area contributed by atoms with E-state index < -0.39 is 21.2 Å². The largest absolute Gasteiger partial charge is 0.449 e. The lowest BCUT2D eigenvalue weighted by Crippen LogP contribution is -2.63. The standard InChI is InChI=1S/C26H30N2O5S/c1-19-9-7-10-20(17-19)34(31,32)27-25(13-5-2-6-14-25)24(30)28-16-8-15-26(18-28)22-12-4-3-11-21(22)23(29)33-26/h3-4,7,9-12,17,27H,2,5-6,8,13-16,18H2,1H3. The molecule has 1 amide bonds. The number of hydrogen-bond donors (Lipinski definition) is 1. The van der Waals surface area contributed by atoms with E-state index in [0.717, 1.165) is 30.4 Å². The highest BCUT2D eigenvalue weighted by molar-refractivity contribution is 7.89. The molecule has 0 radical (unpaired) electrons. The third-order valence-electron chi connectivity index (χ3n) is 7.41. The van der Waals surface area contributed by atoms with Gasteiger partial charge >= 0.3 is 5.97 Å². The second kappa shape index (κ2) is 8.50. The highest BCUT2D eigenvalue weighted by atomic mass is 32.2. The van der Waals surface area contributed by atoms with Gasteiger partial charge in [0.25, 0.3) is 0 Å². The number of nitrogens with zero attached hydrogens (tertiary/aromatic N) is 1. The summed E-state index contributed by atoms with van der Waals surface area (Å²) in [6, 6.07) is 14.1. The first-order chi connectivity index (χ1) is 16.2. The van der Waals surface area contributed by atoms with Crippen LogP contribution in [-0.2, 0) is 25.2 Å². The van der Waals surface area contributed by atoms with Gasteiger partial charge in [0.05, 0.1) is 17.0 Å². The minimum atomic E-state index is -3.89. The molecule has 1 spiro atoms. The number of piperidine rings is 1. The molecule has 8 heteroatoms. The Labute approximate surface area is 200 Å². The summed E-state index contributed by atoms with van der Waals surface area (Å²) in [5.74, 6) is -0.583. The molecule has 1 N–H and O–H groups in total. The van der Waals surface area contributed by atoms with Crippen LogP contribution in [0.1, 0.15) is 66.4 Å². The SMILES string of the molecule is Cc1cccc(S(=O)(=O)NC2(C(=O)N3CCCC4(C3)OC(=O)c3ccccc34)CCCCC2)c1. The summed E-state index contributed by atoms with van der Waals surface area (Å²) in [4.78, 5) is 28.5. The van der Waals surface area contributed by atoms with Crippen molar-refractivity contribution < 1.29 is 22.7 Å². The number of carbonyl (C=O) groups excluding carboxylic acids is 2. The van der Waals surface area contributed by atoms with E-state index in [1.165, 1.54) is 0 Å². The lowest BCUT2D eigenvalue weighted by Gasteiger charge is -2.45. The van der Waals surface area contributed by atoms with Crippen molar-refractivity contribution >= 4 is 21.9 Å². The molecular weight excluding hydrogens is 452 g/mol. The molecule has 3 aliphatic rings. The predicted octanol–water partition coefficient (Wildman–Crippen LogP) is 3.66. The number of amides is 1. The fourth-order valence-electron chi connectivity index (χ4n) is 5.76. The molecule has 5 rings (SSSR count). The fraction of sp³-hybridized carbons (Fsp3) is 0.462. The van der Waals surface area contributed by atoms with Crippen LogP contribution >= 0.6 is 0 Å². The Morgan fingerprint density at radius 3 is 2.53 bits per heavy atom. The van der Waals surface area contributed by atoms with Crippen LogP contribution in [0.2, 0.25) is 0 Å². The van der Waals surface area contributed by atoms with Gasteiger partial charge in [0.1, 0.15) is 5.54 Å². The first-order valence-corrected chi connectivity index (χ1v) is 13.5. The zero-order valence-electron chi connectivity index (χ0n) is 19.4. The van der Waals surface area contributed by atoms with Crippen LogP contribution in [0.25, 0.3) is 0 Å². The molecule has 2 aliphatic heterocycles. The van der Waals surface area contributed by atoms with Crippen molar-refractivity contribution in [3.63, 3.8) is 0 Å². The summed E-state index contributed by atoms with van der Waals surface area (Å²) >= 11 is 0. The molecule has 180 valence electrons. The Hall–Kier alpha value is -2.71. The molecule has 34 heavy (non-hydrogen) atoms. The third kappa shape index (κ3) is 3.92. The van der Waals surface area contributed by atoms with Crippen molar-refractivity contribution in [1.29, 1.82) is 0 Å². The molecule has 1 atom stereocenters. The van der Waals surface area contributed by atoms with E-state index in [1.807, 2.05) is 31.2 Å². The summed E-state index contributed by atoms with van der Waals surface area (Å²) < 4.78 is 35.4. The number of benzene rings is 2. The lowest BCUT2D eigenvalue weighted by molar-refractivity contribution is -0.146. The zero-order chi connectivity index (χ0) is 24.0. The topological polar surface area (TPSA) is 92.8 Å². The lowest BCUT2D eigenvalue weighted by atomic mass is 9.79. The number of ether oxygens (including phenoxy) is 1. The maximum absolute atomic E-state index is 14.0. The van der Waals surface area contributed by atoms with Gasteiger partial charge < -0.3 is 9.64 Å². The van der Waals surface area contributed by atoms with Gasteiger partial charge in [0.15, 0.2) is 5.60 Å². The first-order valence-electron chi connectivity index (χ1n) is 12.0. The second-order valence-electron chi connectivity index (χ2n) is 9.82. The minimum absolute atomic E-state index is 0.166. The number of aryl methyl sites for hydroxylation is 1. The summed E-state index contributed by atoms with van der Waals surface area (Å²) in [7, 11) is -3.89. The third-order valence-corrected chi connectivity index (χ3v) is 8.95. The molecule has 7 nitrogen and oxygen atoms in total. The molecule has 1 saturated carbocycles. The van der Waals surface area contributed by atoms with Crippen LogP contribution in [0.4, 0.5) is 0 Å². The molecule has 0 aromatic heterocycles. The van der Waals surface area contributed by atoms with Crippen LogP contribution in [0.3, 0.4) is 0 Å². The van der Waals surface area contributed by atoms with Gasteiger partial charge in [-0.15, -0.1) is 0 Å². The zero-order valence-corrected chi connectivity index (χ0v) is 20.2. The molecule has 1 unspecified atom stereocenters. The quantitative estimate of drug-likeness (QED) is 0.672. The molecule has 2 aromatic carbocycles. The average Bonchev–Trinajstić information content (AvgIpc) is 3.10. The van der Waals surface area contributed by atoms with Crippen LogP contribution < -0.4 is 4.72 Å². The first kappa shape index (κ1) is 23.1. The maximum Gasteiger partial charge on any atom is 0.339 e. The molecule has 1 aliphatic carbocycles. The molecule has 1 saturated heterocycles. The normalized spacial score (nSPS) is 24.0. The van der Waals surface area contributed by atoms with E-state index >= 15 is 0 Å². The van der Waals surface area contributed by atoms with Gasteiger partial charge in [-0.3, -0.25) is 4.79 Å². The maximum atomic E-state index is 14.0. The fourth-order valence-corrected chi connectivity index (χ4v) is 7.28. The summed E-state index contributed by atoms with van der Waals surface area (Å²) in [6.45, 7) is 2.59. The second-order valence-corrected chi connectivity index (χ2v) is 11.5. The molecule has 0 bridgehead atoms. The summed E-state index contributed by atoms with van der Waals surface area (Å²) in [6.07, 6.45) is 4.75. The van der Waals surface area contributed by atoms with Crippen LogP contribution in [0, 0.1) is 6.92 Å². The van der Waals surface area contributed by atoms with Gasteiger partial charge in [0, 0.05) is 12.1 Å². The number of nitrogens with one attached hydrogen (secondary N) is 1. The number of esters is 1. The Balaban J connectivity index is 1.46. The van der Waals surface area contributed by atoms with Crippen molar-refractivity contribution in [2.24, 2.45) is 0 Å². The van der Waals surface area contributed by atoms with E-state index in [2.05, 4.69) is 4.72 Å². The van der Waals surface area contributed by atoms with Crippen molar-refractivity contribution in [3.8, 4) is 0 Å². The number of sulfonamides is 1. The van der Waals surface area contributed by atoms with Crippen molar-refractivity contribution in [2.75, 3.05) is 13.1 Å². The smallest absolute Gasteiger partial charge is 0.339 e. The van der Waals surface area contributed by atoms with Crippen molar-refractivity contribution in [1.82, 2.24) is 9.62 Å². The number of carbonyl (C=O) groups is 2. The minimum Gasteiger partial charge on any atom is -0.449 e. The van der Waals surface area contributed by atoms with Crippen LogP contribution in [-0.4, -0.2) is 43.8 Å². The van der Waals surface area contributed by atoms with Crippen LogP contribution in [0.5, 0.6) is 0 Å². The van der Waals surface area contributed by atoms with Gasteiger partial charge in [-0.25, -0.2) is 13.2 Å². The van der Waals surface area contributed by atoms with E-state index in [4.69, 9.17) is 4.74 Å². The van der Waals surface area contributed by atoms with E-state index in [9.17, 15) is 18.0 Å². The van der Waals surface area contributed by atoms with Gasteiger partial charge in [0.2, 0.25) is 15.9 Å². The van der Waals surface area contributed by atoms with E-state index in [1.54, 1.807) is 29.2 Å². The number of fused-ring (bicyclic) bond motifs is 2. The Bertz CT molecular complexity index is 1240. The van der Waals surface area contributed by atoms with Crippen molar-refractivity contribution in [3.05, 3.63) is 65.2 Å². The monoisotopic (exact) mass is 482 g/mol. The summed E-state index contributed by atoms with van der Waals surface area (Å²) in [5, 5.41) is 0. The van der Waals surface area contributed by atoms with E-state index in [-0.39, 0.29) is 23.3 Å². The average molecular weight is 483 g/mol. The molecular formula is C26H30N2O5S. The number of hydrogen-bond acceptors (Lipinski definition) is 5. The van der Waals surface area contributed by atoms with E-state index in [0.29, 0.717) is 37.8 Å². The van der Waals surface area contributed by atoms with Gasteiger partial charge in [-0.1, -0.05) is 49.6 Å². The Morgan fingerprint density at radius 1 is 1.00 bits per heavy atom. The van der Waals surface area contributed by atoms with Gasteiger partial charge in [-0.2, -0.15) is 4.72 Å². The highest BCUT2D eigenvalue weighted by Crippen LogP contribution is 2.44. The van der Waals surface area contributed by atoms with Gasteiger partial charge in [-0.05, 0) is 56.4 Å².